The maximum absolute atomic E-state index is 11.9. The zero-order valence-corrected chi connectivity index (χ0v) is 11.6. The highest BCUT2D eigenvalue weighted by Crippen LogP contribution is 2.33. The van der Waals surface area contributed by atoms with Crippen molar-refractivity contribution in [2.75, 3.05) is 0 Å². The number of ketones is 2. The van der Waals surface area contributed by atoms with Gasteiger partial charge in [0.05, 0.1) is 11.8 Å². The third-order valence-electron chi connectivity index (χ3n) is 3.78. The molecule has 0 atom stereocenters. The van der Waals surface area contributed by atoms with E-state index in [2.05, 4.69) is 0 Å². The lowest BCUT2D eigenvalue weighted by Crippen LogP contribution is -2.41. The van der Waals surface area contributed by atoms with Gasteiger partial charge in [-0.05, 0) is 18.9 Å². The highest BCUT2D eigenvalue weighted by atomic mass is 16.5. The molecule has 0 N–H and O–H groups in total. The highest BCUT2D eigenvalue weighted by Gasteiger charge is 2.44. The minimum atomic E-state index is -1.19. The number of carbonyl (C=O) groups excluding carboxylic acids is 3. The van der Waals surface area contributed by atoms with Crippen molar-refractivity contribution in [1.29, 1.82) is 0 Å². The Balaban J connectivity index is 1.93. The number of rotatable bonds is 4. The second-order valence-electron chi connectivity index (χ2n) is 5.36. The molecule has 4 nitrogen and oxygen atoms in total. The van der Waals surface area contributed by atoms with Crippen LogP contribution >= 0.6 is 0 Å². The first kappa shape index (κ1) is 14.4. The molecule has 1 aromatic carbocycles. The summed E-state index contributed by atoms with van der Waals surface area (Å²) in [6.45, 7) is 1.72. The number of carbonyl (C=O) groups is 3. The maximum Gasteiger partial charge on any atom is 0.307 e. The fourth-order valence-electron chi connectivity index (χ4n) is 2.39. The van der Waals surface area contributed by atoms with Crippen LogP contribution in [0.25, 0.3) is 0 Å². The predicted octanol–water partition coefficient (Wildman–Crippen LogP) is 2.45. The number of hydrogen-bond donors (Lipinski definition) is 0. The van der Waals surface area contributed by atoms with Crippen LogP contribution in [0.15, 0.2) is 30.3 Å². The lowest BCUT2D eigenvalue weighted by molar-refractivity contribution is -0.156. The SMILES string of the molecule is CC1(CC(=O)OCc2ccccc2)C(=O)CCCC1=O. The quantitative estimate of drug-likeness (QED) is 0.625. The van der Waals surface area contributed by atoms with Crippen molar-refractivity contribution in [2.45, 2.75) is 39.2 Å². The van der Waals surface area contributed by atoms with Crippen molar-refractivity contribution in [3.8, 4) is 0 Å². The van der Waals surface area contributed by atoms with Gasteiger partial charge < -0.3 is 4.74 Å². The first-order chi connectivity index (χ1) is 9.52. The summed E-state index contributed by atoms with van der Waals surface area (Å²) in [6, 6.07) is 9.31. The van der Waals surface area contributed by atoms with Crippen molar-refractivity contribution < 1.29 is 19.1 Å². The van der Waals surface area contributed by atoms with Gasteiger partial charge in [-0.1, -0.05) is 30.3 Å². The zero-order valence-electron chi connectivity index (χ0n) is 11.6. The van der Waals surface area contributed by atoms with Crippen LogP contribution < -0.4 is 0 Å². The Kier molecular flexibility index (Phi) is 4.32. The molecule has 0 amide bonds. The van der Waals surface area contributed by atoms with Gasteiger partial charge in [0.15, 0.2) is 0 Å². The van der Waals surface area contributed by atoms with Crippen LogP contribution in [-0.2, 0) is 25.7 Å². The molecule has 1 aliphatic carbocycles. The van der Waals surface area contributed by atoms with E-state index in [4.69, 9.17) is 4.74 Å². The Bertz CT molecular complexity index is 503. The molecule has 0 bridgehead atoms. The molecule has 1 fully saturated rings. The summed E-state index contributed by atoms with van der Waals surface area (Å²) in [6.07, 6.45) is 1.17. The topological polar surface area (TPSA) is 60.4 Å². The Morgan fingerprint density at radius 2 is 1.75 bits per heavy atom. The second-order valence-corrected chi connectivity index (χ2v) is 5.36. The van der Waals surface area contributed by atoms with Crippen LogP contribution in [0.3, 0.4) is 0 Å². The monoisotopic (exact) mass is 274 g/mol. The average molecular weight is 274 g/mol. The van der Waals surface area contributed by atoms with Gasteiger partial charge in [-0.2, -0.15) is 0 Å². The van der Waals surface area contributed by atoms with Gasteiger partial charge in [-0.25, -0.2) is 0 Å². The lowest BCUT2D eigenvalue weighted by atomic mass is 9.71. The first-order valence-corrected chi connectivity index (χ1v) is 6.78. The number of esters is 1. The smallest absolute Gasteiger partial charge is 0.307 e. The molecule has 0 radical (unpaired) electrons. The van der Waals surface area contributed by atoms with Gasteiger partial charge in [0, 0.05) is 12.8 Å². The Morgan fingerprint density at radius 1 is 1.15 bits per heavy atom. The molecule has 0 unspecified atom stereocenters. The third-order valence-corrected chi connectivity index (χ3v) is 3.78. The summed E-state index contributed by atoms with van der Waals surface area (Å²) in [5.74, 6) is -0.796. The normalized spacial score (nSPS) is 17.9. The van der Waals surface area contributed by atoms with E-state index in [9.17, 15) is 14.4 Å². The van der Waals surface area contributed by atoms with E-state index in [0.717, 1.165) is 5.56 Å². The summed E-state index contributed by atoms with van der Waals surface area (Å²) in [5.41, 5.74) is -0.307. The Morgan fingerprint density at radius 3 is 2.35 bits per heavy atom. The zero-order chi connectivity index (χ0) is 14.6. The van der Waals surface area contributed by atoms with Gasteiger partial charge >= 0.3 is 5.97 Å². The van der Waals surface area contributed by atoms with E-state index in [1.54, 1.807) is 6.92 Å². The van der Waals surface area contributed by atoms with E-state index in [1.165, 1.54) is 0 Å². The molecule has 0 saturated heterocycles. The minimum absolute atomic E-state index is 0.148. The summed E-state index contributed by atoms with van der Waals surface area (Å²) in [5, 5.41) is 0. The molecule has 20 heavy (non-hydrogen) atoms. The standard InChI is InChI=1S/C16H18O4/c1-16(13(17)8-5-9-14(16)18)10-15(19)20-11-12-6-3-2-4-7-12/h2-4,6-7H,5,8-11H2,1H3. The molecule has 0 heterocycles. The second kappa shape index (κ2) is 5.99. The first-order valence-electron chi connectivity index (χ1n) is 6.78. The molecular formula is C16H18O4. The van der Waals surface area contributed by atoms with Crippen LogP contribution in [0.4, 0.5) is 0 Å². The fourth-order valence-corrected chi connectivity index (χ4v) is 2.39. The Hall–Kier alpha value is -1.97. The van der Waals surface area contributed by atoms with Crippen molar-refractivity contribution in [3.05, 3.63) is 35.9 Å². The third kappa shape index (κ3) is 3.13. The molecule has 1 saturated carbocycles. The van der Waals surface area contributed by atoms with Gasteiger partial charge in [-0.15, -0.1) is 0 Å². The molecular weight excluding hydrogens is 256 g/mol. The van der Waals surface area contributed by atoms with Crippen LogP contribution in [0.1, 0.15) is 38.2 Å². The van der Waals surface area contributed by atoms with Crippen LogP contribution in [0.2, 0.25) is 0 Å². The molecule has 1 aliphatic rings. The van der Waals surface area contributed by atoms with E-state index in [1.807, 2.05) is 30.3 Å². The van der Waals surface area contributed by atoms with E-state index >= 15 is 0 Å². The van der Waals surface area contributed by atoms with Gasteiger partial charge in [0.1, 0.15) is 18.2 Å². The number of hydrogen-bond acceptors (Lipinski definition) is 4. The Labute approximate surface area is 118 Å². The highest BCUT2D eigenvalue weighted by molar-refractivity contribution is 6.10. The molecule has 4 heteroatoms. The predicted molar refractivity (Wildman–Crippen MR) is 72.8 cm³/mol. The molecule has 2 rings (SSSR count). The van der Waals surface area contributed by atoms with Gasteiger partial charge in [-0.3, -0.25) is 14.4 Å². The largest absolute Gasteiger partial charge is 0.461 e. The summed E-state index contributed by atoms with van der Waals surface area (Å²) < 4.78 is 5.15. The van der Waals surface area contributed by atoms with Gasteiger partial charge in [0.2, 0.25) is 0 Å². The lowest BCUT2D eigenvalue weighted by Gasteiger charge is -2.29. The van der Waals surface area contributed by atoms with E-state index < -0.39 is 11.4 Å². The molecule has 1 aromatic rings. The molecule has 106 valence electrons. The molecule has 0 spiro atoms. The summed E-state index contributed by atoms with van der Waals surface area (Å²) in [4.78, 5) is 35.7. The van der Waals surface area contributed by atoms with Crippen molar-refractivity contribution in [3.63, 3.8) is 0 Å². The van der Waals surface area contributed by atoms with E-state index in [-0.39, 0.29) is 24.6 Å². The van der Waals surface area contributed by atoms with Crippen molar-refractivity contribution in [2.24, 2.45) is 5.41 Å². The van der Waals surface area contributed by atoms with E-state index in [0.29, 0.717) is 19.3 Å². The fraction of sp³-hybridized carbons (Fsp3) is 0.438. The number of benzene rings is 1. The van der Waals surface area contributed by atoms with Crippen molar-refractivity contribution >= 4 is 17.5 Å². The van der Waals surface area contributed by atoms with Crippen molar-refractivity contribution in [1.82, 2.24) is 0 Å². The number of ether oxygens (including phenoxy) is 1. The number of Topliss-reactive ketones (excluding diaryl/α,β-unsaturated/α-hetero) is 2. The molecule has 0 aromatic heterocycles. The summed E-state index contributed by atoms with van der Waals surface area (Å²) in [7, 11) is 0. The van der Waals surface area contributed by atoms with Crippen LogP contribution in [0, 0.1) is 5.41 Å². The van der Waals surface area contributed by atoms with Crippen LogP contribution in [-0.4, -0.2) is 17.5 Å². The van der Waals surface area contributed by atoms with Gasteiger partial charge in [0.25, 0.3) is 0 Å². The van der Waals surface area contributed by atoms with Crippen LogP contribution in [0.5, 0.6) is 0 Å². The average Bonchev–Trinajstić information content (AvgIpc) is 2.44. The minimum Gasteiger partial charge on any atom is -0.461 e. The summed E-state index contributed by atoms with van der Waals surface area (Å²) >= 11 is 0. The maximum atomic E-state index is 11.9. The molecule has 0 aliphatic heterocycles.